The maximum absolute atomic E-state index is 11.9. The van der Waals surface area contributed by atoms with Crippen molar-refractivity contribution in [2.24, 2.45) is 0 Å². The van der Waals surface area contributed by atoms with Crippen molar-refractivity contribution in [1.82, 2.24) is 0 Å². The van der Waals surface area contributed by atoms with Crippen LogP contribution in [0, 0.1) is 13.8 Å². The molecule has 0 aliphatic carbocycles. The number of rotatable bonds is 3. The first-order chi connectivity index (χ1) is 8.97. The first-order valence-electron chi connectivity index (χ1n) is 5.69. The van der Waals surface area contributed by atoms with Crippen LogP contribution >= 0.6 is 0 Å². The van der Waals surface area contributed by atoms with Gasteiger partial charge in [-0.1, -0.05) is 17.7 Å². The van der Waals surface area contributed by atoms with Gasteiger partial charge < -0.3 is 14.8 Å². The Bertz CT molecular complexity index is 643. The zero-order chi connectivity index (χ0) is 14.0. The Balaban J connectivity index is 2.18. The van der Waals surface area contributed by atoms with E-state index in [-0.39, 0.29) is 11.5 Å². The molecular weight excluding hydrogens is 246 g/mol. The number of hydrogen-bond donors (Lipinski definition) is 2. The number of carbonyl (C=O) groups excluding carboxylic acids is 1. The number of hydrogen-bond acceptors (Lipinski definition) is 3. The summed E-state index contributed by atoms with van der Waals surface area (Å²) < 4.78 is 4.93. The van der Waals surface area contributed by atoms with E-state index < -0.39 is 11.9 Å². The SMILES string of the molecule is Cc1ccc(NC(=O)c2ccc(C(=O)O)o2)c(C)c1. The molecule has 0 fully saturated rings. The summed E-state index contributed by atoms with van der Waals surface area (Å²) in [6.45, 7) is 3.84. The van der Waals surface area contributed by atoms with Gasteiger partial charge in [0.25, 0.3) is 5.91 Å². The van der Waals surface area contributed by atoms with Gasteiger partial charge in [0.15, 0.2) is 5.76 Å². The summed E-state index contributed by atoms with van der Waals surface area (Å²) >= 11 is 0. The average Bonchev–Trinajstić information content (AvgIpc) is 2.82. The lowest BCUT2D eigenvalue weighted by Crippen LogP contribution is -2.12. The molecule has 0 saturated heterocycles. The molecule has 0 radical (unpaired) electrons. The summed E-state index contributed by atoms with van der Waals surface area (Å²) in [6, 6.07) is 8.21. The number of benzene rings is 1. The molecule has 19 heavy (non-hydrogen) atoms. The fraction of sp³-hybridized carbons (Fsp3) is 0.143. The zero-order valence-corrected chi connectivity index (χ0v) is 10.6. The number of anilines is 1. The summed E-state index contributed by atoms with van der Waals surface area (Å²) in [5.41, 5.74) is 2.70. The van der Waals surface area contributed by atoms with Crippen LogP contribution in [0.3, 0.4) is 0 Å². The minimum absolute atomic E-state index is 0.0302. The van der Waals surface area contributed by atoms with Gasteiger partial charge in [-0.05, 0) is 37.6 Å². The second-order valence-electron chi connectivity index (χ2n) is 4.24. The smallest absolute Gasteiger partial charge is 0.371 e. The molecule has 1 aromatic heterocycles. The molecule has 0 saturated carbocycles. The van der Waals surface area contributed by atoms with Gasteiger partial charge in [-0.2, -0.15) is 0 Å². The van der Waals surface area contributed by atoms with Crippen molar-refractivity contribution in [2.75, 3.05) is 5.32 Å². The third kappa shape index (κ3) is 2.82. The number of nitrogens with one attached hydrogen (secondary N) is 1. The first kappa shape index (κ1) is 12.9. The summed E-state index contributed by atoms with van der Waals surface area (Å²) in [6.07, 6.45) is 0. The number of furan rings is 1. The van der Waals surface area contributed by atoms with E-state index in [2.05, 4.69) is 5.32 Å². The summed E-state index contributed by atoms with van der Waals surface area (Å²) in [7, 11) is 0. The highest BCUT2D eigenvalue weighted by atomic mass is 16.4. The fourth-order valence-electron chi connectivity index (χ4n) is 1.71. The van der Waals surface area contributed by atoms with E-state index in [1.54, 1.807) is 6.07 Å². The predicted molar refractivity (Wildman–Crippen MR) is 69.5 cm³/mol. The molecular formula is C14H13NO4. The molecule has 1 heterocycles. The van der Waals surface area contributed by atoms with Crippen LogP contribution in [-0.4, -0.2) is 17.0 Å². The highest BCUT2D eigenvalue weighted by molar-refractivity contribution is 6.03. The summed E-state index contributed by atoms with van der Waals surface area (Å²) in [4.78, 5) is 22.6. The lowest BCUT2D eigenvalue weighted by molar-refractivity contribution is 0.0660. The van der Waals surface area contributed by atoms with Gasteiger partial charge in [0.05, 0.1) is 0 Å². The van der Waals surface area contributed by atoms with Crippen molar-refractivity contribution in [3.8, 4) is 0 Å². The molecule has 2 rings (SSSR count). The van der Waals surface area contributed by atoms with Gasteiger partial charge in [0, 0.05) is 5.69 Å². The van der Waals surface area contributed by atoms with E-state index in [1.807, 2.05) is 26.0 Å². The first-order valence-corrected chi connectivity index (χ1v) is 5.69. The van der Waals surface area contributed by atoms with Crippen molar-refractivity contribution in [2.45, 2.75) is 13.8 Å². The van der Waals surface area contributed by atoms with Gasteiger partial charge in [0.1, 0.15) is 0 Å². The number of amides is 1. The van der Waals surface area contributed by atoms with E-state index in [4.69, 9.17) is 9.52 Å². The van der Waals surface area contributed by atoms with Gasteiger partial charge >= 0.3 is 5.97 Å². The van der Waals surface area contributed by atoms with Crippen molar-refractivity contribution in [1.29, 1.82) is 0 Å². The molecule has 0 spiro atoms. The summed E-state index contributed by atoms with van der Waals surface area (Å²) in [5, 5.41) is 11.4. The minimum Gasteiger partial charge on any atom is -0.475 e. The van der Waals surface area contributed by atoms with Gasteiger partial charge in [-0.3, -0.25) is 4.79 Å². The molecule has 98 valence electrons. The van der Waals surface area contributed by atoms with Crippen LogP contribution in [0.1, 0.15) is 32.2 Å². The predicted octanol–water partition coefficient (Wildman–Crippen LogP) is 2.85. The molecule has 0 unspecified atom stereocenters. The Kier molecular flexibility index (Phi) is 3.37. The standard InChI is InChI=1S/C14H13NO4/c1-8-3-4-10(9(2)7-8)15-13(16)11-5-6-12(19-11)14(17)18/h3-7H,1-2H3,(H,15,16)(H,17,18). The molecule has 1 amide bonds. The van der Waals surface area contributed by atoms with Crippen molar-refractivity contribution >= 4 is 17.6 Å². The molecule has 1 aromatic carbocycles. The van der Waals surface area contributed by atoms with Gasteiger partial charge in [-0.15, -0.1) is 0 Å². The van der Waals surface area contributed by atoms with Gasteiger partial charge in [0.2, 0.25) is 5.76 Å². The monoisotopic (exact) mass is 259 g/mol. The molecule has 0 aliphatic heterocycles. The average molecular weight is 259 g/mol. The van der Waals surface area contributed by atoms with Crippen LogP contribution in [0.25, 0.3) is 0 Å². The maximum atomic E-state index is 11.9. The molecule has 2 aromatic rings. The Morgan fingerprint density at radius 1 is 1.11 bits per heavy atom. The maximum Gasteiger partial charge on any atom is 0.371 e. The van der Waals surface area contributed by atoms with Crippen LogP contribution in [0.5, 0.6) is 0 Å². The normalized spacial score (nSPS) is 10.2. The van der Waals surface area contributed by atoms with E-state index >= 15 is 0 Å². The summed E-state index contributed by atoms with van der Waals surface area (Å²) in [5.74, 6) is -1.96. The van der Waals surface area contributed by atoms with E-state index in [9.17, 15) is 9.59 Å². The molecule has 5 nitrogen and oxygen atoms in total. The lowest BCUT2D eigenvalue weighted by Gasteiger charge is -2.07. The number of carboxylic acid groups (broad SMARTS) is 1. The molecule has 5 heteroatoms. The number of aromatic carboxylic acids is 1. The Morgan fingerprint density at radius 2 is 1.79 bits per heavy atom. The largest absolute Gasteiger partial charge is 0.475 e. The van der Waals surface area contributed by atoms with Crippen molar-refractivity contribution in [3.63, 3.8) is 0 Å². The highest BCUT2D eigenvalue weighted by Gasteiger charge is 2.15. The Labute approximate surface area is 109 Å². The topological polar surface area (TPSA) is 79.5 Å². The van der Waals surface area contributed by atoms with E-state index in [0.29, 0.717) is 5.69 Å². The van der Waals surface area contributed by atoms with Crippen LogP contribution in [0.4, 0.5) is 5.69 Å². The molecule has 0 bridgehead atoms. The van der Waals surface area contributed by atoms with Gasteiger partial charge in [-0.25, -0.2) is 4.79 Å². The van der Waals surface area contributed by atoms with E-state index in [0.717, 1.165) is 11.1 Å². The molecule has 0 atom stereocenters. The second-order valence-corrected chi connectivity index (χ2v) is 4.24. The number of carbonyl (C=O) groups is 2. The molecule has 2 N–H and O–H groups in total. The number of aryl methyl sites for hydroxylation is 2. The minimum atomic E-state index is -1.20. The highest BCUT2D eigenvalue weighted by Crippen LogP contribution is 2.17. The van der Waals surface area contributed by atoms with E-state index in [1.165, 1.54) is 12.1 Å². The zero-order valence-electron chi connectivity index (χ0n) is 10.6. The third-order valence-electron chi connectivity index (χ3n) is 2.67. The van der Waals surface area contributed by atoms with Crippen LogP contribution in [0.2, 0.25) is 0 Å². The number of carboxylic acids is 1. The van der Waals surface area contributed by atoms with Crippen molar-refractivity contribution in [3.05, 3.63) is 53.0 Å². The molecule has 0 aliphatic rings. The van der Waals surface area contributed by atoms with Crippen LogP contribution < -0.4 is 5.32 Å². The van der Waals surface area contributed by atoms with Crippen molar-refractivity contribution < 1.29 is 19.1 Å². The third-order valence-corrected chi connectivity index (χ3v) is 2.67. The second kappa shape index (κ2) is 4.97. The quantitative estimate of drug-likeness (QED) is 0.888. The fourth-order valence-corrected chi connectivity index (χ4v) is 1.71. The Morgan fingerprint density at radius 3 is 2.37 bits per heavy atom. The lowest BCUT2D eigenvalue weighted by atomic mass is 10.1. The van der Waals surface area contributed by atoms with Crippen LogP contribution in [0.15, 0.2) is 34.7 Å². The van der Waals surface area contributed by atoms with Crippen LogP contribution in [-0.2, 0) is 0 Å². The Hall–Kier alpha value is -2.56.